The summed E-state index contributed by atoms with van der Waals surface area (Å²) in [5.74, 6) is -0.486. The van der Waals surface area contributed by atoms with Crippen LogP contribution < -0.4 is 10.6 Å². The van der Waals surface area contributed by atoms with E-state index in [1.165, 1.54) is 29.6 Å². The third-order valence-electron chi connectivity index (χ3n) is 2.09. The van der Waals surface area contributed by atoms with Crippen molar-refractivity contribution in [3.8, 4) is 0 Å². The summed E-state index contributed by atoms with van der Waals surface area (Å²) in [6, 6.07) is 0. The summed E-state index contributed by atoms with van der Waals surface area (Å²) < 4.78 is 0. The second-order valence-electron chi connectivity index (χ2n) is 3.78. The zero-order valence-electron chi connectivity index (χ0n) is 10.4. The number of nitrogens with one attached hydrogen (secondary N) is 2. The van der Waals surface area contributed by atoms with Crippen molar-refractivity contribution in [3.05, 3.63) is 27.2 Å². The predicted molar refractivity (Wildman–Crippen MR) is 74.4 cm³/mol. The molecule has 0 saturated carbocycles. The molecule has 2 amide bonds. The Morgan fingerprint density at radius 3 is 2.68 bits per heavy atom. The van der Waals surface area contributed by atoms with Gasteiger partial charge in [0.2, 0.25) is 5.91 Å². The number of aryl methyl sites for hydroxylation is 1. The van der Waals surface area contributed by atoms with Gasteiger partial charge in [0.05, 0.1) is 6.54 Å². The summed E-state index contributed by atoms with van der Waals surface area (Å²) in [7, 11) is 0. The van der Waals surface area contributed by atoms with Crippen molar-refractivity contribution in [3.63, 3.8) is 0 Å². The minimum absolute atomic E-state index is 0.209. The van der Waals surface area contributed by atoms with Crippen molar-refractivity contribution < 1.29 is 9.59 Å². The van der Waals surface area contributed by atoms with Crippen molar-refractivity contribution >= 4 is 39.6 Å². The van der Waals surface area contributed by atoms with E-state index in [0.717, 1.165) is 10.7 Å². The molecule has 2 rings (SSSR count). The molecular weight excluding hydrogens is 284 g/mol. The molecule has 0 unspecified atom stereocenters. The fourth-order valence-electron chi connectivity index (χ4n) is 1.32. The van der Waals surface area contributed by atoms with Crippen molar-refractivity contribution in [1.29, 1.82) is 0 Å². The minimum Gasteiger partial charge on any atom is -0.344 e. The second kappa shape index (κ2) is 5.89. The molecular formula is C11H12N4O2S2. The molecule has 0 aliphatic rings. The van der Waals surface area contributed by atoms with E-state index in [0.29, 0.717) is 17.4 Å². The first kappa shape index (κ1) is 13.6. The summed E-state index contributed by atoms with van der Waals surface area (Å²) in [5.41, 5.74) is 1.23. The molecule has 0 aliphatic carbocycles. The molecule has 0 bridgehead atoms. The highest BCUT2D eigenvalue weighted by Crippen LogP contribution is 2.15. The van der Waals surface area contributed by atoms with Crippen LogP contribution in [0.2, 0.25) is 0 Å². The molecule has 6 nitrogen and oxygen atoms in total. The Morgan fingerprint density at radius 1 is 1.26 bits per heavy atom. The largest absolute Gasteiger partial charge is 0.344 e. The SMILES string of the molecule is CC(=O)Nc1nc(C(=O)NCc2nc(C)cs2)cs1. The third-order valence-corrected chi connectivity index (χ3v) is 3.81. The molecule has 19 heavy (non-hydrogen) atoms. The topological polar surface area (TPSA) is 84.0 Å². The maximum Gasteiger partial charge on any atom is 0.271 e. The molecule has 0 aliphatic heterocycles. The Morgan fingerprint density at radius 2 is 2.05 bits per heavy atom. The maximum atomic E-state index is 11.8. The van der Waals surface area contributed by atoms with Gasteiger partial charge < -0.3 is 10.6 Å². The van der Waals surface area contributed by atoms with Gasteiger partial charge in [-0.15, -0.1) is 22.7 Å². The third kappa shape index (κ3) is 3.83. The number of anilines is 1. The summed E-state index contributed by atoms with van der Waals surface area (Å²) >= 11 is 2.71. The lowest BCUT2D eigenvalue weighted by atomic mass is 10.4. The first-order chi connectivity index (χ1) is 9.04. The first-order valence-electron chi connectivity index (χ1n) is 5.47. The molecule has 8 heteroatoms. The molecule has 100 valence electrons. The van der Waals surface area contributed by atoms with Crippen LogP contribution in [0.3, 0.4) is 0 Å². The normalized spacial score (nSPS) is 10.2. The number of nitrogens with zero attached hydrogens (tertiary/aromatic N) is 2. The van der Waals surface area contributed by atoms with Gasteiger partial charge in [-0.1, -0.05) is 0 Å². The van der Waals surface area contributed by atoms with Gasteiger partial charge in [-0.05, 0) is 6.92 Å². The highest BCUT2D eigenvalue weighted by Gasteiger charge is 2.11. The summed E-state index contributed by atoms with van der Waals surface area (Å²) in [6.45, 7) is 3.68. The Balaban J connectivity index is 1.92. The van der Waals surface area contributed by atoms with Gasteiger partial charge in [-0.25, -0.2) is 9.97 Å². The van der Waals surface area contributed by atoms with Crippen LogP contribution in [0.5, 0.6) is 0 Å². The van der Waals surface area contributed by atoms with Crippen molar-refractivity contribution in [2.45, 2.75) is 20.4 Å². The summed E-state index contributed by atoms with van der Waals surface area (Å²) in [5, 5.41) is 10.1. The van der Waals surface area contributed by atoms with Crippen LogP contribution in [0.15, 0.2) is 10.8 Å². The summed E-state index contributed by atoms with van der Waals surface area (Å²) in [6.07, 6.45) is 0. The molecule has 0 saturated heterocycles. The number of amides is 2. The van der Waals surface area contributed by atoms with Gasteiger partial charge in [-0.2, -0.15) is 0 Å². The average molecular weight is 296 g/mol. The predicted octanol–water partition coefficient (Wildman–Crippen LogP) is 1.80. The van der Waals surface area contributed by atoms with Crippen LogP contribution in [-0.4, -0.2) is 21.8 Å². The van der Waals surface area contributed by atoms with Crippen LogP contribution in [0.25, 0.3) is 0 Å². The average Bonchev–Trinajstić information content (AvgIpc) is 2.95. The van der Waals surface area contributed by atoms with Gasteiger partial charge in [-0.3, -0.25) is 9.59 Å². The first-order valence-corrected chi connectivity index (χ1v) is 7.23. The lowest BCUT2D eigenvalue weighted by Gasteiger charge is -1.99. The van der Waals surface area contributed by atoms with E-state index in [-0.39, 0.29) is 11.8 Å². The van der Waals surface area contributed by atoms with Crippen LogP contribution in [0.4, 0.5) is 5.13 Å². The van der Waals surface area contributed by atoms with E-state index in [1.54, 1.807) is 5.38 Å². The van der Waals surface area contributed by atoms with Crippen LogP contribution in [0.1, 0.15) is 28.1 Å². The molecule has 0 aromatic carbocycles. The van der Waals surface area contributed by atoms with Gasteiger partial charge in [0.25, 0.3) is 5.91 Å². The number of carbonyl (C=O) groups is 2. The monoisotopic (exact) mass is 296 g/mol. The van der Waals surface area contributed by atoms with Crippen molar-refractivity contribution in [1.82, 2.24) is 15.3 Å². The molecule has 2 aromatic heterocycles. The van der Waals surface area contributed by atoms with Gasteiger partial charge >= 0.3 is 0 Å². The van der Waals surface area contributed by atoms with Gasteiger partial charge in [0, 0.05) is 23.4 Å². The van der Waals surface area contributed by atoms with Crippen LogP contribution >= 0.6 is 22.7 Å². The number of aromatic nitrogens is 2. The van der Waals surface area contributed by atoms with Crippen LogP contribution in [-0.2, 0) is 11.3 Å². The highest BCUT2D eigenvalue weighted by molar-refractivity contribution is 7.14. The molecule has 2 aromatic rings. The Labute approximate surface area is 117 Å². The lowest BCUT2D eigenvalue weighted by molar-refractivity contribution is -0.114. The Hall–Kier alpha value is -1.80. The van der Waals surface area contributed by atoms with Crippen molar-refractivity contribution in [2.75, 3.05) is 5.32 Å². The zero-order chi connectivity index (χ0) is 13.8. The number of hydrogen-bond acceptors (Lipinski definition) is 6. The van der Waals surface area contributed by atoms with Gasteiger partial charge in [0.1, 0.15) is 10.7 Å². The van der Waals surface area contributed by atoms with E-state index in [1.807, 2.05) is 12.3 Å². The molecule has 0 atom stereocenters. The fraction of sp³-hybridized carbons (Fsp3) is 0.273. The van der Waals surface area contributed by atoms with Gasteiger partial charge in [0.15, 0.2) is 5.13 Å². The highest BCUT2D eigenvalue weighted by atomic mass is 32.1. The molecule has 0 radical (unpaired) electrons. The standard InChI is InChI=1S/C11H12N4O2S2/c1-6-4-18-9(13-6)3-12-10(17)8-5-19-11(15-8)14-7(2)16/h4-5H,3H2,1-2H3,(H,12,17)(H,14,15,16). The Bertz CT molecular complexity index is 605. The molecule has 0 fully saturated rings. The minimum atomic E-state index is -0.277. The number of hydrogen-bond donors (Lipinski definition) is 2. The quantitative estimate of drug-likeness (QED) is 0.901. The molecule has 0 spiro atoms. The fourth-order valence-corrected chi connectivity index (χ4v) is 2.76. The van der Waals surface area contributed by atoms with E-state index in [4.69, 9.17) is 0 Å². The Kier molecular flexibility index (Phi) is 4.23. The second-order valence-corrected chi connectivity index (χ2v) is 5.59. The molecule has 2 heterocycles. The number of thiazole rings is 2. The van der Waals surface area contributed by atoms with E-state index >= 15 is 0 Å². The van der Waals surface area contributed by atoms with Crippen molar-refractivity contribution in [2.24, 2.45) is 0 Å². The van der Waals surface area contributed by atoms with Crippen LogP contribution in [0, 0.1) is 6.92 Å². The van der Waals surface area contributed by atoms with E-state index in [9.17, 15) is 9.59 Å². The number of rotatable bonds is 4. The number of carbonyl (C=O) groups excluding carboxylic acids is 2. The smallest absolute Gasteiger partial charge is 0.271 e. The lowest BCUT2D eigenvalue weighted by Crippen LogP contribution is -2.23. The molecule has 2 N–H and O–H groups in total. The maximum absolute atomic E-state index is 11.8. The van der Waals surface area contributed by atoms with E-state index < -0.39 is 0 Å². The zero-order valence-corrected chi connectivity index (χ0v) is 12.0. The van der Waals surface area contributed by atoms with E-state index in [2.05, 4.69) is 20.6 Å². The summed E-state index contributed by atoms with van der Waals surface area (Å²) in [4.78, 5) is 30.9.